The fourth-order valence-electron chi connectivity index (χ4n) is 4.62. The average Bonchev–Trinajstić information content (AvgIpc) is 2.77. The highest BCUT2D eigenvalue weighted by Gasteiger charge is 2.52. The Morgan fingerprint density at radius 3 is 2.07 bits per heavy atom. The molecule has 0 aliphatic carbocycles. The van der Waals surface area contributed by atoms with Crippen molar-refractivity contribution in [3.8, 4) is 0 Å². The molecule has 1 rings (SSSR count). The van der Waals surface area contributed by atoms with Gasteiger partial charge in [-0.15, -0.1) is 5.10 Å². The summed E-state index contributed by atoms with van der Waals surface area (Å²) in [6.07, 6.45) is -0.972. The molecule has 0 bridgehead atoms. The molecule has 9 N–H and O–H groups in total. The number of rotatable bonds is 12. The van der Waals surface area contributed by atoms with Gasteiger partial charge in [-0.25, -0.2) is 14.6 Å². The number of carboxylic acids is 1. The van der Waals surface area contributed by atoms with Crippen molar-refractivity contribution in [2.24, 2.45) is 34.1 Å². The first-order valence-electron chi connectivity index (χ1n) is 13.1. The number of ether oxygens (including phenoxy) is 1. The summed E-state index contributed by atoms with van der Waals surface area (Å²) in [5.41, 5.74) is 13.9. The number of carbonyl (C=O) groups excluding carboxylic acids is 1. The standard InChI is InChI=1S/C26H45N7O7S/c1-15(2)18(14-32(23(29)30)31-22(27)28)11-12-26(21(34)35,33(16(3)4)24(36)40-25(6,7)8)20-13-19(41(37,38)39)10-9-17(20)5/h9-10,13,15-16,18H,11-12,14H2,1-8H3,(H3,29,30)(H,34,35)(H4,27,28,31)(H,37,38,39)/t18?,26-/m0/s1. The molecule has 14 nitrogen and oxygen atoms in total. The van der Waals surface area contributed by atoms with Crippen molar-refractivity contribution in [3.63, 3.8) is 0 Å². The van der Waals surface area contributed by atoms with E-state index in [0.717, 1.165) is 22.0 Å². The van der Waals surface area contributed by atoms with Gasteiger partial charge in [0.2, 0.25) is 11.9 Å². The van der Waals surface area contributed by atoms with Gasteiger partial charge in [-0.1, -0.05) is 19.9 Å². The fourth-order valence-corrected chi connectivity index (χ4v) is 5.13. The van der Waals surface area contributed by atoms with Crippen molar-refractivity contribution in [3.05, 3.63) is 29.3 Å². The van der Waals surface area contributed by atoms with Crippen LogP contribution < -0.4 is 17.2 Å². The number of nitrogens with zero attached hydrogens (tertiary/aromatic N) is 3. The summed E-state index contributed by atoms with van der Waals surface area (Å²) >= 11 is 0. The van der Waals surface area contributed by atoms with Crippen LogP contribution in [0.1, 0.15) is 72.4 Å². The molecule has 0 fully saturated rings. The average molecular weight is 600 g/mol. The van der Waals surface area contributed by atoms with Crippen LogP contribution in [0.5, 0.6) is 0 Å². The van der Waals surface area contributed by atoms with Crippen molar-refractivity contribution in [2.75, 3.05) is 6.54 Å². The number of aryl methyl sites for hydroxylation is 1. The van der Waals surface area contributed by atoms with Gasteiger partial charge >= 0.3 is 12.1 Å². The molecule has 232 valence electrons. The number of benzene rings is 1. The predicted octanol–water partition coefficient (Wildman–Crippen LogP) is 2.60. The van der Waals surface area contributed by atoms with Crippen LogP contribution >= 0.6 is 0 Å². The van der Waals surface area contributed by atoms with Gasteiger partial charge in [0.15, 0.2) is 5.54 Å². The number of hydrogen-bond donors (Lipinski definition) is 6. The SMILES string of the molecule is Cc1ccc(S(=O)(=O)O)cc1[C@@](CCC(CN(N=C(N)N)C(=N)N)C(C)C)(C(=O)O)N(C(=O)OC(C)(C)C)C(C)C. The van der Waals surface area contributed by atoms with E-state index in [2.05, 4.69) is 5.10 Å². The van der Waals surface area contributed by atoms with Gasteiger partial charge < -0.3 is 27.0 Å². The van der Waals surface area contributed by atoms with Crippen LogP contribution in [-0.4, -0.2) is 70.2 Å². The van der Waals surface area contributed by atoms with Gasteiger partial charge in [0.05, 0.1) is 4.90 Å². The quantitative estimate of drug-likeness (QED) is 0.0883. The summed E-state index contributed by atoms with van der Waals surface area (Å²) in [7, 11) is -4.71. The van der Waals surface area contributed by atoms with Crippen LogP contribution in [0.15, 0.2) is 28.2 Å². The van der Waals surface area contributed by atoms with E-state index in [1.54, 1.807) is 41.5 Å². The van der Waals surface area contributed by atoms with Crippen LogP contribution in [0.2, 0.25) is 0 Å². The van der Waals surface area contributed by atoms with E-state index in [4.69, 9.17) is 27.3 Å². The maximum absolute atomic E-state index is 13.7. The molecule has 0 saturated carbocycles. The highest BCUT2D eigenvalue weighted by molar-refractivity contribution is 7.85. The minimum Gasteiger partial charge on any atom is -0.479 e. The minimum absolute atomic E-state index is 0.00478. The maximum Gasteiger partial charge on any atom is 0.411 e. The summed E-state index contributed by atoms with van der Waals surface area (Å²) in [5.74, 6) is -2.61. The van der Waals surface area contributed by atoms with E-state index < -0.39 is 50.2 Å². The van der Waals surface area contributed by atoms with Crippen LogP contribution in [-0.2, 0) is 25.2 Å². The van der Waals surface area contributed by atoms with Gasteiger partial charge in [0.25, 0.3) is 10.1 Å². The summed E-state index contributed by atoms with van der Waals surface area (Å²) < 4.78 is 39.6. The number of hydrogen-bond acceptors (Lipinski definition) is 7. The van der Waals surface area contributed by atoms with Crippen molar-refractivity contribution >= 4 is 34.1 Å². The van der Waals surface area contributed by atoms with E-state index in [-0.39, 0.29) is 42.7 Å². The summed E-state index contributed by atoms with van der Waals surface area (Å²) in [6, 6.07) is 2.89. The summed E-state index contributed by atoms with van der Waals surface area (Å²) in [4.78, 5) is 27.7. The number of hydrazone groups is 1. The normalized spacial score (nSPS) is 14.2. The lowest BCUT2D eigenvalue weighted by atomic mass is 9.77. The maximum atomic E-state index is 13.7. The minimum atomic E-state index is -4.71. The molecular formula is C26H45N7O7S. The summed E-state index contributed by atoms with van der Waals surface area (Å²) in [6.45, 7) is 13.6. The molecule has 0 heterocycles. The number of nitrogens with two attached hydrogens (primary N) is 3. The molecular weight excluding hydrogens is 554 g/mol. The molecule has 15 heteroatoms. The molecule has 1 amide bonds. The highest BCUT2D eigenvalue weighted by Crippen LogP contribution is 2.41. The number of amides is 1. The Morgan fingerprint density at radius 2 is 1.68 bits per heavy atom. The van der Waals surface area contributed by atoms with Gasteiger partial charge in [-0.05, 0) is 89.5 Å². The van der Waals surface area contributed by atoms with Crippen LogP contribution in [0, 0.1) is 24.2 Å². The topological polar surface area (TPSA) is 239 Å². The lowest BCUT2D eigenvalue weighted by Gasteiger charge is -2.45. The second kappa shape index (κ2) is 13.4. The Bertz CT molecular complexity index is 1260. The van der Waals surface area contributed by atoms with E-state index >= 15 is 0 Å². The van der Waals surface area contributed by atoms with Crippen molar-refractivity contribution in [2.45, 2.75) is 90.3 Å². The monoisotopic (exact) mass is 599 g/mol. The second-order valence-electron chi connectivity index (χ2n) is 11.6. The Labute approximate surface area is 242 Å². The smallest absolute Gasteiger partial charge is 0.411 e. The third-order valence-electron chi connectivity index (χ3n) is 6.57. The van der Waals surface area contributed by atoms with Crippen LogP contribution in [0.4, 0.5) is 4.79 Å². The molecule has 1 aromatic carbocycles. The van der Waals surface area contributed by atoms with Gasteiger partial charge in [-0.2, -0.15) is 8.42 Å². The lowest BCUT2D eigenvalue weighted by molar-refractivity contribution is -0.155. The Kier molecular flexibility index (Phi) is 11.6. The molecule has 0 aromatic heterocycles. The Hall–Kier alpha value is -3.59. The first-order valence-corrected chi connectivity index (χ1v) is 14.5. The van der Waals surface area contributed by atoms with Crippen LogP contribution in [0.3, 0.4) is 0 Å². The summed E-state index contributed by atoms with van der Waals surface area (Å²) in [5, 5.41) is 23.8. The number of guanidine groups is 2. The Morgan fingerprint density at radius 1 is 1.12 bits per heavy atom. The molecule has 41 heavy (non-hydrogen) atoms. The third kappa shape index (κ3) is 9.21. The van der Waals surface area contributed by atoms with Crippen molar-refractivity contribution in [1.82, 2.24) is 9.91 Å². The molecule has 0 saturated heterocycles. The zero-order chi connectivity index (χ0) is 32.1. The van der Waals surface area contributed by atoms with Gasteiger partial charge in [-0.3, -0.25) is 14.9 Å². The number of aliphatic carboxylic acids is 1. The van der Waals surface area contributed by atoms with E-state index in [0.29, 0.717) is 5.56 Å². The Balaban J connectivity index is 3.98. The molecule has 1 unspecified atom stereocenters. The third-order valence-corrected chi connectivity index (χ3v) is 7.42. The molecule has 0 radical (unpaired) electrons. The van der Waals surface area contributed by atoms with Crippen molar-refractivity contribution in [1.29, 1.82) is 5.41 Å². The zero-order valence-electron chi connectivity index (χ0n) is 25.0. The van der Waals surface area contributed by atoms with Crippen molar-refractivity contribution < 1.29 is 32.4 Å². The molecule has 0 spiro atoms. The highest BCUT2D eigenvalue weighted by atomic mass is 32.2. The fraction of sp³-hybridized carbons (Fsp3) is 0.615. The van der Waals surface area contributed by atoms with Gasteiger partial charge in [0.1, 0.15) is 5.60 Å². The van der Waals surface area contributed by atoms with E-state index in [9.17, 15) is 27.7 Å². The van der Waals surface area contributed by atoms with E-state index in [1.807, 2.05) is 13.8 Å². The number of carboxylic acid groups (broad SMARTS) is 1. The predicted molar refractivity (Wildman–Crippen MR) is 156 cm³/mol. The van der Waals surface area contributed by atoms with E-state index in [1.165, 1.54) is 6.07 Å². The lowest BCUT2D eigenvalue weighted by Crippen LogP contribution is -2.59. The number of carbonyl (C=O) groups is 2. The molecule has 0 aliphatic heterocycles. The second-order valence-corrected chi connectivity index (χ2v) is 13.0. The first kappa shape index (κ1) is 35.4. The first-order chi connectivity index (χ1) is 18.5. The van der Waals surface area contributed by atoms with Gasteiger partial charge in [0, 0.05) is 12.6 Å². The largest absolute Gasteiger partial charge is 0.479 e. The molecule has 1 aromatic rings. The molecule has 0 aliphatic rings. The van der Waals surface area contributed by atoms with Crippen LogP contribution in [0.25, 0.3) is 0 Å². The zero-order valence-corrected chi connectivity index (χ0v) is 25.8. The number of nitrogens with one attached hydrogen (secondary N) is 1. The molecule has 2 atom stereocenters.